The van der Waals surface area contributed by atoms with E-state index in [2.05, 4.69) is 6.92 Å². The maximum atomic E-state index is 13.4. The fourth-order valence-corrected chi connectivity index (χ4v) is 1.49. The van der Waals surface area contributed by atoms with Crippen molar-refractivity contribution >= 4 is 11.7 Å². The Labute approximate surface area is 105 Å². The molecule has 0 heterocycles. The number of hydrogen-bond donors (Lipinski definition) is 1. The van der Waals surface area contributed by atoms with Gasteiger partial charge in [-0.25, -0.2) is 13.6 Å². The summed E-state index contributed by atoms with van der Waals surface area (Å²) in [5, 5.41) is 0. The van der Waals surface area contributed by atoms with Gasteiger partial charge in [0.15, 0.2) is 0 Å². The molecule has 1 aromatic rings. The molecule has 0 spiro atoms. The lowest BCUT2D eigenvalue weighted by molar-refractivity contribution is 0.0492. The van der Waals surface area contributed by atoms with E-state index in [1.807, 2.05) is 0 Å². The first-order valence-corrected chi connectivity index (χ1v) is 5.98. The van der Waals surface area contributed by atoms with Gasteiger partial charge in [-0.05, 0) is 12.5 Å². The van der Waals surface area contributed by atoms with Crippen LogP contribution < -0.4 is 5.73 Å². The molecule has 3 nitrogen and oxygen atoms in total. The van der Waals surface area contributed by atoms with Crippen LogP contribution in [0.25, 0.3) is 0 Å². The van der Waals surface area contributed by atoms with Crippen molar-refractivity contribution in [2.24, 2.45) is 0 Å². The molecule has 2 N–H and O–H groups in total. The highest BCUT2D eigenvalue weighted by Crippen LogP contribution is 2.17. The Balaban J connectivity index is 2.54. The number of nitrogens with two attached hydrogens (primary N) is 1. The van der Waals surface area contributed by atoms with Crippen LogP contribution in [-0.4, -0.2) is 12.6 Å². The third-order valence-electron chi connectivity index (χ3n) is 2.54. The molecule has 0 aliphatic heterocycles. The topological polar surface area (TPSA) is 52.3 Å². The number of rotatable bonds is 6. The Hall–Kier alpha value is -1.65. The second-order valence-corrected chi connectivity index (χ2v) is 4.05. The fourth-order valence-electron chi connectivity index (χ4n) is 1.49. The van der Waals surface area contributed by atoms with Gasteiger partial charge in [0.25, 0.3) is 0 Å². The third kappa shape index (κ3) is 3.98. The van der Waals surface area contributed by atoms with Crippen LogP contribution in [0.3, 0.4) is 0 Å². The number of ether oxygens (including phenoxy) is 1. The lowest BCUT2D eigenvalue weighted by Gasteiger charge is -2.06. The SMILES string of the molecule is CCCCCCOC(=O)c1cc(F)c(N)cc1F. The number of esters is 1. The van der Waals surface area contributed by atoms with Crippen LogP contribution >= 0.6 is 0 Å². The zero-order chi connectivity index (χ0) is 13.5. The quantitative estimate of drug-likeness (QED) is 0.483. The van der Waals surface area contributed by atoms with Gasteiger partial charge in [0.05, 0.1) is 17.9 Å². The fraction of sp³-hybridized carbons (Fsp3) is 0.462. The van der Waals surface area contributed by atoms with E-state index in [-0.39, 0.29) is 12.3 Å². The van der Waals surface area contributed by atoms with E-state index in [0.29, 0.717) is 0 Å². The van der Waals surface area contributed by atoms with E-state index in [1.54, 1.807) is 0 Å². The monoisotopic (exact) mass is 257 g/mol. The number of nitrogen functional groups attached to an aromatic ring is 1. The molecular weight excluding hydrogens is 240 g/mol. The van der Waals surface area contributed by atoms with Crippen molar-refractivity contribution in [2.45, 2.75) is 32.6 Å². The van der Waals surface area contributed by atoms with Crippen LogP contribution in [0, 0.1) is 11.6 Å². The molecule has 100 valence electrons. The minimum Gasteiger partial charge on any atom is -0.462 e. The predicted molar refractivity (Wildman–Crippen MR) is 65.2 cm³/mol. The summed E-state index contributed by atoms with van der Waals surface area (Å²) < 4.78 is 31.3. The van der Waals surface area contributed by atoms with Crippen LogP contribution in [0.15, 0.2) is 12.1 Å². The lowest BCUT2D eigenvalue weighted by atomic mass is 10.2. The van der Waals surface area contributed by atoms with Gasteiger partial charge in [-0.2, -0.15) is 0 Å². The highest BCUT2D eigenvalue weighted by atomic mass is 19.1. The maximum Gasteiger partial charge on any atom is 0.341 e. The number of benzene rings is 1. The van der Waals surface area contributed by atoms with Crippen LogP contribution in [0.1, 0.15) is 43.0 Å². The maximum absolute atomic E-state index is 13.4. The lowest BCUT2D eigenvalue weighted by Crippen LogP contribution is -2.10. The molecule has 0 fully saturated rings. The number of halogens is 2. The molecule has 0 bridgehead atoms. The average Bonchev–Trinajstić information content (AvgIpc) is 2.33. The Morgan fingerprint density at radius 2 is 1.94 bits per heavy atom. The second kappa shape index (κ2) is 6.93. The molecule has 18 heavy (non-hydrogen) atoms. The number of carbonyl (C=O) groups is 1. The summed E-state index contributed by atoms with van der Waals surface area (Å²) in [5.41, 5.74) is 4.43. The van der Waals surface area contributed by atoms with Gasteiger partial charge in [0, 0.05) is 6.07 Å². The van der Waals surface area contributed by atoms with Crippen molar-refractivity contribution in [3.8, 4) is 0 Å². The summed E-state index contributed by atoms with van der Waals surface area (Å²) in [5.74, 6) is -2.55. The first-order chi connectivity index (χ1) is 8.56. The average molecular weight is 257 g/mol. The van der Waals surface area contributed by atoms with Gasteiger partial charge < -0.3 is 10.5 Å². The highest BCUT2D eigenvalue weighted by Gasteiger charge is 2.16. The molecule has 0 atom stereocenters. The molecule has 0 aliphatic carbocycles. The van der Waals surface area contributed by atoms with Crippen molar-refractivity contribution in [1.82, 2.24) is 0 Å². The van der Waals surface area contributed by atoms with Crippen LogP contribution in [-0.2, 0) is 4.74 Å². The van der Waals surface area contributed by atoms with Crippen molar-refractivity contribution in [3.05, 3.63) is 29.3 Å². The summed E-state index contributed by atoms with van der Waals surface area (Å²) in [4.78, 5) is 11.5. The number of hydrogen-bond acceptors (Lipinski definition) is 3. The predicted octanol–water partition coefficient (Wildman–Crippen LogP) is 3.28. The van der Waals surface area contributed by atoms with Gasteiger partial charge in [0.1, 0.15) is 11.6 Å². The van der Waals surface area contributed by atoms with E-state index < -0.39 is 23.2 Å². The molecule has 0 unspecified atom stereocenters. The summed E-state index contributed by atoms with van der Waals surface area (Å²) >= 11 is 0. The van der Waals surface area contributed by atoms with Gasteiger partial charge in [-0.15, -0.1) is 0 Å². The Kier molecular flexibility index (Phi) is 5.55. The number of carbonyl (C=O) groups excluding carboxylic acids is 1. The van der Waals surface area contributed by atoms with Crippen molar-refractivity contribution < 1.29 is 18.3 Å². The molecule has 5 heteroatoms. The molecule has 0 saturated heterocycles. The summed E-state index contributed by atoms with van der Waals surface area (Å²) in [6.07, 6.45) is 3.80. The van der Waals surface area contributed by atoms with E-state index in [9.17, 15) is 13.6 Å². The zero-order valence-electron chi connectivity index (χ0n) is 10.3. The standard InChI is InChI=1S/C13H17F2NO2/c1-2-3-4-5-6-18-13(17)9-7-11(15)12(16)8-10(9)14/h7-8H,2-6,16H2,1H3. The normalized spacial score (nSPS) is 10.4. The van der Waals surface area contributed by atoms with Crippen molar-refractivity contribution in [1.29, 1.82) is 0 Å². The molecule has 0 aliphatic rings. The van der Waals surface area contributed by atoms with Gasteiger partial charge >= 0.3 is 5.97 Å². The van der Waals surface area contributed by atoms with E-state index in [4.69, 9.17) is 10.5 Å². The van der Waals surface area contributed by atoms with Gasteiger partial charge in [0.2, 0.25) is 0 Å². The van der Waals surface area contributed by atoms with Crippen LogP contribution in [0.4, 0.5) is 14.5 Å². The van der Waals surface area contributed by atoms with Crippen LogP contribution in [0.2, 0.25) is 0 Å². The molecular formula is C13H17F2NO2. The minimum atomic E-state index is -0.868. The smallest absolute Gasteiger partial charge is 0.341 e. The Morgan fingerprint density at radius 3 is 2.61 bits per heavy atom. The molecule has 0 amide bonds. The van der Waals surface area contributed by atoms with E-state index in [1.165, 1.54) is 0 Å². The first kappa shape index (κ1) is 14.4. The molecule has 1 aromatic carbocycles. The third-order valence-corrected chi connectivity index (χ3v) is 2.54. The molecule has 1 rings (SSSR count). The zero-order valence-corrected chi connectivity index (χ0v) is 10.3. The highest BCUT2D eigenvalue weighted by molar-refractivity contribution is 5.90. The Morgan fingerprint density at radius 1 is 1.22 bits per heavy atom. The summed E-state index contributed by atoms with van der Waals surface area (Å²) in [7, 11) is 0. The van der Waals surface area contributed by atoms with Crippen LogP contribution in [0.5, 0.6) is 0 Å². The van der Waals surface area contributed by atoms with Crippen molar-refractivity contribution in [2.75, 3.05) is 12.3 Å². The summed E-state index contributed by atoms with van der Waals surface area (Å²) in [6, 6.07) is 1.54. The van der Waals surface area contributed by atoms with Crippen molar-refractivity contribution in [3.63, 3.8) is 0 Å². The van der Waals surface area contributed by atoms with Gasteiger partial charge in [-0.1, -0.05) is 26.2 Å². The largest absolute Gasteiger partial charge is 0.462 e. The molecule has 0 saturated carbocycles. The molecule has 0 aromatic heterocycles. The van der Waals surface area contributed by atoms with Gasteiger partial charge in [-0.3, -0.25) is 0 Å². The second-order valence-electron chi connectivity index (χ2n) is 4.05. The first-order valence-electron chi connectivity index (χ1n) is 5.98. The Bertz CT molecular complexity index is 422. The summed E-state index contributed by atoms with van der Waals surface area (Å²) in [6.45, 7) is 2.28. The minimum absolute atomic E-state index is 0.213. The number of anilines is 1. The molecule has 0 radical (unpaired) electrons. The number of unbranched alkanes of at least 4 members (excludes halogenated alkanes) is 3. The van der Waals surface area contributed by atoms with E-state index >= 15 is 0 Å². The van der Waals surface area contributed by atoms with E-state index in [0.717, 1.165) is 37.8 Å².